The molecule has 2 aromatic heterocycles. The number of hydrogen-bond acceptors (Lipinski definition) is 6. The zero-order valence-corrected chi connectivity index (χ0v) is 17.4. The number of anilines is 1. The van der Waals surface area contributed by atoms with Crippen molar-refractivity contribution in [2.75, 3.05) is 37.6 Å². The summed E-state index contributed by atoms with van der Waals surface area (Å²) in [6.45, 7) is 11.4. The third kappa shape index (κ3) is 4.29. The molecule has 1 aliphatic heterocycles. The number of hydrogen-bond donors (Lipinski definition) is 0. The van der Waals surface area contributed by atoms with Crippen LogP contribution in [0.15, 0.2) is 47.4 Å². The van der Waals surface area contributed by atoms with Gasteiger partial charge in [-0.25, -0.2) is 4.68 Å². The largest absolute Gasteiger partial charge is 0.352 e. The average molecular weight is 393 g/mol. The van der Waals surface area contributed by atoms with E-state index in [-0.39, 0.29) is 11.0 Å². The molecule has 7 nitrogen and oxygen atoms in total. The van der Waals surface area contributed by atoms with Crippen molar-refractivity contribution >= 4 is 16.6 Å². The molecular formula is C22H28N6O. The van der Waals surface area contributed by atoms with Crippen LogP contribution in [-0.2, 0) is 12.0 Å². The number of benzene rings is 1. The van der Waals surface area contributed by atoms with E-state index in [1.807, 2.05) is 24.4 Å². The van der Waals surface area contributed by atoms with Crippen LogP contribution in [0.2, 0.25) is 0 Å². The molecule has 1 fully saturated rings. The minimum absolute atomic E-state index is 0.0392. The van der Waals surface area contributed by atoms with E-state index in [9.17, 15) is 4.79 Å². The van der Waals surface area contributed by atoms with E-state index in [4.69, 9.17) is 0 Å². The molecule has 3 aromatic rings. The summed E-state index contributed by atoms with van der Waals surface area (Å²) in [5.74, 6) is 0.957. The molecule has 0 spiro atoms. The van der Waals surface area contributed by atoms with Crippen molar-refractivity contribution in [2.24, 2.45) is 0 Å². The number of rotatable bonds is 4. The molecule has 0 atom stereocenters. The second kappa shape index (κ2) is 7.91. The van der Waals surface area contributed by atoms with E-state index < -0.39 is 0 Å². The second-order valence-electron chi connectivity index (χ2n) is 8.61. The van der Waals surface area contributed by atoms with Crippen LogP contribution in [-0.4, -0.2) is 57.6 Å². The van der Waals surface area contributed by atoms with Gasteiger partial charge in [-0.1, -0.05) is 45.0 Å². The summed E-state index contributed by atoms with van der Waals surface area (Å²) < 4.78 is 1.60. The minimum atomic E-state index is -0.0689. The highest BCUT2D eigenvalue weighted by molar-refractivity contribution is 5.91. The van der Waals surface area contributed by atoms with E-state index in [0.717, 1.165) is 55.0 Å². The molecule has 0 bridgehead atoms. The van der Waals surface area contributed by atoms with E-state index in [1.54, 1.807) is 10.7 Å². The molecule has 152 valence electrons. The maximum absolute atomic E-state index is 12.2. The van der Waals surface area contributed by atoms with Gasteiger partial charge in [0.15, 0.2) is 5.82 Å². The molecule has 29 heavy (non-hydrogen) atoms. The summed E-state index contributed by atoms with van der Waals surface area (Å²) in [7, 11) is 0. The number of nitrogens with zero attached hydrogens (tertiary/aromatic N) is 6. The smallest absolute Gasteiger partial charge is 0.266 e. The van der Waals surface area contributed by atoms with Gasteiger partial charge in [0.1, 0.15) is 0 Å². The van der Waals surface area contributed by atoms with Crippen LogP contribution in [0.5, 0.6) is 0 Å². The van der Waals surface area contributed by atoms with Crippen molar-refractivity contribution < 1.29 is 0 Å². The van der Waals surface area contributed by atoms with Gasteiger partial charge in [-0.05, 0) is 6.07 Å². The third-order valence-corrected chi connectivity index (χ3v) is 5.49. The zero-order valence-electron chi connectivity index (χ0n) is 17.4. The normalized spacial score (nSPS) is 15.8. The minimum Gasteiger partial charge on any atom is -0.352 e. The summed E-state index contributed by atoms with van der Waals surface area (Å²) in [6, 6.07) is 11.7. The SMILES string of the molecule is CC(C)(C)c1ccc(=O)n(CCN2CCN(c3nncc4ccccc34)CC2)n1. The third-order valence-electron chi connectivity index (χ3n) is 5.49. The van der Waals surface area contributed by atoms with Gasteiger partial charge in [-0.15, -0.1) is 5.10 Å². The van der Waals surface area contributed by atoms with Crippen molar-refractivity contribution in [3.8, 4) is 0 Å². The lowest BCUT2D eigenvalue weighted by Crippen LogP contribution is -2.48. The van der Waals surface area contributed by atoms with Gasteiger partial charge in [-0.3, -0.25) is 9.69 Å². The lowest BCUT2D eigenvalue weighted by Gasteiger charge is -2.35. The number of aromatic nitrogens is 4. The maximum Gasteiger partial charge on any atom is 0.266 e. The highest BCUT2D eigenvalue weighted by Crippen LogP contribution is 2.24. The van der Waals surface area contributed by atoms with Crippen LogP contribution in [0.25, 0.3) is 10.8 Å². The van der Waals surface area contributed by atoms with Crippen LogP contribution in [0.4, 0.5) is 5.82 Å². The predicted octanol–water partition coefficient (Wildman–Crippen LogP) is 2.31. The molecule has 7 heteroatoms. The molecular weight excluding hydrogens is 364 g/mol. The van der Waals surface area contributed by atoms with E-state index >= 15 is 0 Å². The number of fused-ring (bicyclic) bond motifs is 1. The van der Waals surface area contributed by atoms with E-state index in [1.165, 1.54) is 0 Å². The van der Waals surface area contributed by atoms with Crippen LogP contribution < -0.4 is 10.5 Å². The molecule has 1 saturated heterocycles. The quantitative estimate of drug-likeness (QED) is 0.679. The topological polar surface area (TPSA) is 67.2 Å². The first-order valence-electron chi connectivity index (χ1n) is 10.2. The first-order valence-corrected chi connectivity index (χ1v) is 10.2. The molecule has 0 aliphatic carbocycles. The van der Waals surface area contributed by atoms with Crippen LogP contribution in [0.1, 0.15) is 26.5 Å². The summed E-state index contributed by atoms with van der Waals surface area (Å²) >= 11 is 0. The van der Waals surface area contributed by atoms with Crippen molar-refractivity contribution in [1.82, 2.24) is 24.9 Å². The lowest BCUT2D eigenvalue weighted by molar-refractivity contribution is 0.241. The first-order chi connectivity index (χ1) is 13.9. The van der Waals surface area contributed by atoms with Crippen molar-refractivity contribution in [1.29, 1.82) is 0 Å². The Balaban J connectivity index is 1.39. The van der Waals surface area contributed by atoms with Crippen LogP contribution in [0, 0.1) is 0 Å². The van der Waals surface area contributed by atoms with Gasteiger partial charge >= 0.3 is 0 Å². The average Bonchev–Trinajstić information content (AvgIpc) is 2.72. The van der Waals surface area contributed by atoms with Crippen molar-refractivity contribution in [2.45, 2.75) is 32.7 Å². The monoisotopic (exact) mass is 392 g/mol. The molecule has 0 unspecified atom stereocenters. The van der Waals surface area contributed by atoms with Gasteiger partial charge in [0.2, 0.25) is 0 Å². The zero-order chi connectivity index (χ0) is 20.4. The van der Waals surface area contributed by atoms with Gasteiger partial charge < -0.3 is 4.90 Å². The fourth-order valence-electron chi connectivity index (χ4n) is 3.67. The predicted molar refractivity (Wildman–Crippen MR) is 115 cm³/mol. The molecule has 0 radical (unpaired) electrons. The Morgan fingerprint density at radius 2 is 1.72 bits per heavy atom. The Morgan fingerprint density at radius 1 is 0.966 bits per heavy atom. The van der Waals surface area contributed by atoms with E-state index in [2.05, 4.69) is 58.0 Å². The molecule has 0 saturated carbocycles. The molecule has 3 heterocycles. The van der Waals surface area contributed by atoms with Crippen molar-refractivity contribution in [3.63, 3.8) is 0 Å². The Morgan fingerprint density at radius 3 is 2.48 bits per heavy atom. The van der Waals surface area contributed by atoms with Gasteiger partial charge in [0.25, 0.3) is 5.56 Å². The van der Waals surface area contributed by atoms with Gasteiger partial charge in [0, 0.05) is 55.0 Å². The Labute approximate surface area is 171 Å². The fourth-order valence-corrected chi connectivity index (χ4v) is 3.67. The summed E-state index contributed by atoms with van der Waals surface area (Å²) in [4.78, 5) is 16.9. The standard InChI is InChI=1S/C22H28N6O/c1-22(2,3)19-8-9-20(29)28(25-19)15-12-26-10-13-27(14-11-26)21-18-7-5-4-6-17(18)16-23-24-21/h4-9,16H,10-15H2,1-3H3. The highest BCUT2D eigenvalue weighted by Gasteiger charge is 2.21. The molecule has 4 rings (SSSR count). The summed E-state index contributed by atoms with van der Waals surface area (Å²) in [5, 5.41) is 15.4. The molecule has 1 aliphatic rings. The van der Waals surface area contributed by atoms with E-state index in [0.29, 0.717) is 6.54 Å². The highest BCUT2D eigenvalue weighted by atomic mass is 16.1. The van der Waals surface area contributed by atoms with Crippen molar-refractivity contribution in [3.05, 3.63) is 58.6 Å². The second-order valence-corrected chi connectivity index (χ2v) is 8.61. The first kappa shape index (κ1) is 19.5. The summed E-state index contributed by atoms with van der Waals surface area (Å²) in [5.41, 5.74) is 0.833. The summed E-state index contributed by atoms with van der Waals surface area (Å²) in [6.07, 6.45) is 1.81. The van der Waals surface area contributed by atoms with Gasteiger partial charge in [0.05, 0.1) is 18.4 Å². The molecule has 0 amide bonds. The Bertz CT molecular complexity index is 1040. The van der Waals surface area contributed by atoms with Crippen LogP contribution >= 0.6 is 0 Å². The maximum atomic E-state index is 12.2. The fraction of sp³-hybridized carbons (Fsp3) is 0.455. The molecule has 0 N–H and O–H groups in total. The Kier molecular flexibility index (Phi) is 5.32. The molecule has 1 aromatic carbocycles. The van der Waals surface area contributed by atoms with Gasteiger partial charge in [-0.2, -0.15) is 10.2 Å². The Hall–Kier alpha value is -2.80. The lowest BCUT2D eigenvalue weighted by atomic mass is 9.92. The van der Waals surface area contributed by atoms with Crippen LogP contribution in [0.3, 0.4) is 0 Å². The number of piperazine rings is 1.